The van der Waals surface area contributed by atoms with Crippen molar-refractivity contribution >= 4 is 5.91 Å². The SMILES string of the molecule is Cc1cccc(C)c1OCCNC(=O)C1(N)CCCC1. The summed E-state index contributed by atoms with van der Waals surface area (Å²) in [4.78, 5) is 12.0. The number of rotatable bonds is 5. The van der Waals surface area contributed by atoms with E-state index in [-0.39, 0.29) is 5.91 Å². The van der Waals surface area contributed by atoms with Crippen molar-refractivity contribution in [3.63, 3.8) is 0 Å². The predicted molar refractivity (Wildman–Crippen MR) is 79.8 cm³/mol. The lowest BCUT2D eigenvalue weighted by Gasteiger charge is -2.22. The number of amides is 1. The number of aryl methyl sites for hydroxylation is 2. The van der Waals surface area contributed by atoms with Crippen LogP contribution in [0.4, 0.5) is 0 Å². The zero-order chi connectivity index (χ0) is 14.6. The minimum absolute atomic E-state index is 0.0416. The van der Waals surface area contributed by atoms with E-state index in [9.17, 15) is 4.79 Å². The molecule has 4 nitrogen and oxygen atoms in total. The number of carbonyl (C=O) groups excluding carboxylic acids is 1. The average molecular weight is 276 g/mol. The Balaban J connectivity index is 1.78. The highest BCUT2D eigenvalue weighted by molar-refractivity contribution is 5.86. The van der Waals surface area contributed by atoms with Crippen LogP contribution in [0.15, 0.2) is 18.2 Å². The summed E-state index contributed by atoms with van der Waals surface area (Å²) in [6, 6.07) is 6.06. The Morgan fingerprint density at radius 1 is 1.30 bits per heavy atom. The van der Waals surface area contributed by atoms with Gasteiger partial charge in [-0.1, -0.05) is 31.0 Å². The van der Waals surface area contributed by atoms with Crippen molar-refractivity contribution in [2.24, 2.45) is 5.73 Å². The molecule has 0 heterocycles. The number of nitrogens with two attached hydrogens (primary N) is 1. The zero-order valence-electron chi connectivity index (χ0n) is 12.4. The molecule has 0 unspecified atom stereocenters. The van der Waals surface area contributed by atoms with Gasteiger partial charge in [0.1, 0.15) is 12.4 Å². The minimum atomic E-state index is -0.654. The first-order chi connectivity index (χ1) is 9.53. The molecule has 1 fully saturated rings. The molecular weight excluding hydrogens is 252 g/mol. The fourth-order valence-electron chi connectivity index (χ4n) is 2.75. The standard InChI is InChI=1S/C16H24N2O2/c1-12-6-5-7-13(2)14(12)20-11-10-18-15(19)16(17)8-3-4-9-16/h5-7H,3-4,8-11,17H2,1-2H3,(H,18,19). The number of nitrogens with one attached hydrogen (secondary N) is 1. The van der Waals surface area contributed by atoms with Gasteiger partial charge in [-0.05, 0) is 37.8 Å². The van der Waals surface area contributed by atoms with Gasteiger partial charge in [-0.2, -0.15) is 0 Å². The van der Waals surface area contributed by atoms with Gasteiger partial charge in [-0.3, -0.25) is 4.79 Å². The van der Waals surface area contributed by atoms with E-state index < -0.39 is 5.54 Å². The molecule has 110 valence electrons. The Morgan fingerprint density at radius 2 is 1.90 bits per heavy atom. The van der Waals surface area contributed by atoms with Gasteiger partial charge >= 0.3 is 0 Å². The highest BCUT2D eigenvalue weighted by Gasteiger charge is 2.36. The van der Waals surface area contributed by atoms with E-state index in [0.717, 1.165) is 42.6 Å². The highest BCUT2D eigenvalue weighted by atomic mass is 16.5. The molecule has 0 aliphatic heterocycles. The van der Waals surface area contributed by atoms with Gasteiger partial charge in [-0.25, -0.2) is 0 Å². The van der Waals surface area contributed by atoms with Crippen molar-refractivity contribution in [1.82, 2.24) is 5.32 Å². The number of hydrogen-bond donors (Lipinski definition) is 2. The lowest BCUT2D eigenvalue weighted by atomic mass is 9.98. The van der Waals surface area contributed by atoms with E-state index in [1.807, 2.05) is 32.0 Å². The second kappa shape index (κ2) is 6.27. The van der Waals surface area contributed by atoms with Crippen LogP contribution in [0.1, 0.15) is 36.8 Å². The average Bonchev–Trinajstić information content (AvgIpc) is 2.85. The topological polar surface area (TPSA) is 64.3 Å². The summed E-state index contributed by atoms with van der Waals surface area (Å²) < 4.78 is 5.76. The summed E-state index contributed by atoms with van der Waals surface area (Å²) >= 11 is 0. The number of benzene rings is 1. The molecule has 1 amide bonds. The van der Waals surface area contributed by atoms with Gasteiger partial charge in [0.15, 0.2) is 0 Å². The van der Waals surface area contributed by atoms with Crippen molar-refractivity contribution < 1.29 is 9.53 Å². The maximum Gasteiger partial charge on any atom is 0.240 e. The normalized spacial score (nSPS) is 16.9. The van der Waals surface area contributed by atoms with E-state index in [2.05, 4.69) is 5.32 Å². The second-order valence-corrected chi connectivity index (χ2v) is 5.69. The van der Waals surface area contributed by atoms with Crippen LogP contribution in [0.5, 0.6) is 5.75 Å². The summed E-state index contributed by atoms with van der Waals surface area (Å²) in [5, 5.41) is 2.89. The first-order valence-corrected chi connectivity index (χ1v) is 7.29. The number of carbonyl (C=O) groups is 1. The molecule has 1 aliphatic carbocycles. The molecule has 20 heavy (non-hydrogen) atoms. The monoisotopic (exact) mass is 276 g/mol. The van der Waals surface area contributed by atoms with Gasteiger partial charge in [0.2, 0.25) is 5.91 Å². The molecule has 0 aromatic heterocycles. The van der Waals surface area contributed by atoms with Gasteiger partial charge in [0, 0.05) is 0 Å². The summed E-state index contributed by atoms with van der Waals surface area (Å²) in [5.41, 5.74) is 7.66. The zero-order valence-corrected chi connectivity index (χ0v) is 12.4. The summed E-state index contributed by atoms with van der Waals surface area (Å²) in [7, 11) is 0. The molecule has 1 aromatic carbocycles. The van der Waals surface area contributed by atoms with Gasteiger partial charge in [0.25, 0.3) is 0 Å². The summed E-state index contributed by atoms with van der Waals surface area (Å²) in [6.07, 6.45) is 3.67. The molecular formula is C16H24N2O2. The molecule has 0 saturated heterocycles. The van der Waals surface area contributed by atoms with Crippen LogP contribution in [0.3, 0.4) is 0 Å². The molecule has 0 spiro atoms. The van der Waals surface area contributed by atoms with Gasteiger partial charge < -0.3 is 15.8 Å². The van der Waals surface area contributed by atoms with Crippen LogP contribution >= 0.6 is 0 Å². The lowest BCUT2D eigenvalue weighted by Crippen LogP contribution is -2.52. The highest BCUT2D eigenvalue weighted by Crippen LogP contribution is 2.27. The Labute approximate surface area is 120 Å². The number of para-hydroxylation sites is 1. The Kier molecular flexibility index (Phi) is 4.65. The minimum Gasteiger partial charge on any atom is -0.491 e. The maximum atomic E-state index is 12.0. The number of hydrogen-bond acceptors (Lipinski definition) is 3. The van der Waals surface area contributed by atoms with Gasteiger partial charge in [-0.15, -0.1) is 0 Å². The molecule has 1 aromatic rings. The van der Waals surface area contributed by atoms with Crippen molar-refractivity contribution in [1.29, 1.82) is 0 Å². The van der Waals surface area contributed by atoms with Crippen LogP contribution in [-0.2, 0) is 4.79 Å². The first-order valence-electron chi connectivity index (χ1n) is 7.29. The van der Waals surface area contributed by atoms with E-state index in [1.165, 1.54) is 0 Å². The van der Waals surface area contributed by atoms with Crippen LogP contribution < -0.4 is 15.8 Å². The van der Waals surface area contributed by atoms with Crippen molar-refractivity contribution in [2.45, 2.75) is 45.1 Å². The molecule has 3 N–H and O–H groups in total. The maximum absolute atomic E-state index is 12.0. The quantitative estimate of drug-likeness (QED) is 0.809. The third-order valence-electron chi connectivity index (χ3n) is 3.99. The summed E-state index contributed by atoms with van der Waals surface area (Å²) in [5.74, 6) is 0.866. The fraction of sp³-hybridized carbons (Fsp3) is 0.562. The second-order valence-electron chi connectivity index (χ2n) is 5.69. The number of ether oxygens (including phenoxy) is 1. The molecule has 0 bridgehead atoms. The van der Waals surface area contributed by atoms with Crippen molar-refractivity contribution in [2.75, 3.05) is 13.2 Å². The lowest BCUT2D eigenvalue weighted by molar-refractivity contribution is -0.126. The molecule has 0 atom stereocenters. The Morgan fingerprint density at radius 3 is 2.50 bits per heavy atom. The van der Waals surface area contributed by atoms with Gasteiger partial charge in [0.05, 0.1) is 12.1 Å². The largest absolute Gasteiger partial charge is 0.491 e. The molecule has 0 radical (unpaired) electrons. The predicted octanol–water partition coefficient (Wildman–Crippen LogP) is 2.07. The van der Waals surface area contributed by atoms with Crippen molar-refractivity contribution in [3.8, 4) is 5.75 Å². The molecule has 1 saturated carbocycles. The van der Waals surface area contributed by atoms with E-state index in [0.29, 0.717) is 13.2 Å². The van der Waals surface area contributed by atoms with E-state index in [4.69, 9.17) is 10.5 Å². The van der Waals surface area contributed by atoms with Crippen molar-refractivity contribution in [3.05, 3.63) is 29.3 Å². The molecule has 2 rings (SSSR count). The molecule has 1 aliphatic rings. The third-order valence-corrected chi connectivity index (χ3v) is 3.99. The van der Waals surface area contributed by atoms with E-state index in [1.54, 1.807) is 0 Å². The van der Waals surface area contributed by atoms with E-state index >= 15 is 0 Å². The third kappa shape index (κ3) is 3.31. The Bertz CT molecular complexity index is 459. The van der Waals surface area contributed by atoms with Crippen LogP contribution in [0.2, 0.25) is 0 Å². The first kappa shape index (κ1) is 14.9. The van der Waals surface area contributed by atoms with Crippen LogP contribution in [0.25, 0.3) is 0 Å². The Hall–Kier alpha value is -1.55. The smallest absolute Gasteiger partial charge is 0.240 e. The van der Waals surface area contributed by atoms with Crippen LogP contribution in [0, 0.1) is 13.8 Å². The molecule has 4 heteroatoms. The summed E-state index contributed by atoms with van der Waals surface area (Å²) in [6.45, 7) is 5.00. The fourth-order valence-corrected chi connectivity index (χ4v) is 2.75. The van der Waals surface area contributed by atoms with Crippen LogP contribution in [-0.4, -0.2) is 24.6 Å².